The minimum absolute atomic E-state index is 0.298. The van der Waals surface area contributed by atoms with Gasteiger partial charge in [0, 0.05) is 26.3 Å². The molecular formula is C10H24N2O. The van der Waals surface area contributed by atoms with Gasteiger partial charge in [-0.25, -0.2) is 0 Å². The zero-order chi connectivity index (χ0) is 10.1. The predicted octanol–water partition coefficient (Wildman–Crippen LogP) is 1.08. The fourth-order valence-electron chi connectivity index (χ4n) is 1.45. The van der Waals surface area contributed by atoms with Gasteiger partial charge in [-0.1, -0.05) is 6.92 Å². The summed E-state index contributed by atoms with van der Waals surface area (Å²) in [6.45, 7) is 5.15. The zero-order valence-electron chi connectivity index (χ0n) is 9.25. The average Bonchev–Trinajstić information content (AvgIpc) is 2.05. The van der Waals surface area contributed by atoms with Crippen molar-refractivity contribution in [3.8, 4) is 0 Å². The van der Waals surface area contributed by atoms with Crippen LogP contribution in [-0.4, -0.2) is 44.8 Å². The largest absolute Gasteiger partial charge is 0.385 e. The third kappa shape index (κ3) is 8.22. The maximum absolute atomic E-state index is 5.95. The molecule has 0 aromatic carbocycles. The molecular weight excluding hydrogens is 164 g/mol. The van der Waals surface area contributed by atoms with E-state index in [1.54, 1.807) is 7.11 Å². The van der Waals surface area contributed by atoms with Gasteiger partial charge in [-0.3, -0.25) is 0 Å². The summed E-state index contributed by atoms with van der Waals surface area (Å²) < 4.78 is 4.98. The Kier molecular flexibility index (Phi) is 8.40. The zero-order valence-corrected chi connectivity index (χ0v) is 9.25. The number of likely N-dealkylation sites (N-methyl/N-ethyl adjacent to an activating group) is 1. The lowest BCUT2D eigenvalue weighted by molar-refractivity contribution is 0.187. The van der Waals surface area contributed by atoms with Crippen LogP contribution in [-0.2, 0) is 4.74 Å². The molecule has 3 heteroatoms. The van der Waals surface area contributed by atoms with E-state index in [1.165, 1.54) is 6.42 Å². The maximum Gasteiger partial charge on any atom is 0.0462 e. The van der Waals surface area contributed by atoms with Crippen LogP contribution in [0, 0.1) is 0 Å². The molecule has 2 N–H and O–H groups in total. The van der Waals surface area contributed by atoms with Crippen LogP contribution in [0.3, 0.4) is 0 Å². The van der Waals surface area contributed by atoms with Crippen LogP contribution in [0.2, 0.25) is 0 Å². The Hall–Kier alpha value is -0.120. The smallest absolute Gasteiger partial charge is 0.0462 e. The highest BCUT2D eigenvalue weighted by molar-refractivity contribution is 4.65. The molecule has 0 aliphatic heterocycles. The van der Waals surface area contributed by atoms with Gasteiger partial charge in [-0.15, -0.1) is 0 Å². The summed E-state index contributed by atoms with van der Waals surface area (Å²) in [5.41, 5.74) is 5.95. The van der Waals surface area contributed by atoms with Crippen molar-refractivity contribution < 1.29 is 4.74 Å². The number of rotatable bonds is 8. The van der Waals surface area contributed by atoms with Crippen LogP contribution >= 0.6 is 0 Å². The van der Waals surface area contributed by atoms with Crippen LogP contribution in [0.1, 0.15) is 26.2 Å². The Balaban J connectivity index is 3.32. The molecule has 0 aliphatic carbocycles. The number of nitrogens with zero attached hydrogens (tertiary/aromatic N) is 1. The number of nitrogens with two attached hydrogens (primary N) is 1. The van der Waals surface area contributed by atoms with Gasteiger partial charge in [0.25, 0.3) is 0 Å². The van der Waals surface area contributed by atoms with Crippen molar-refractivity contribution in [1.82, 2.24) is 4.90 Å². The fraction of sp³-hybridized carbons (Fsp3) is 1.00. The first kappa shape index (κ1) is 12.9. The summed E-state index contributed by atoms with van der Waals surface area (Å²) >= 11 is 0. The van der Waals surface area contributed by atoms with E-state index >= 15 is 0 Å². The SMILES string of the molecule is CCCN(C)CC(N)CCCOC. The molecule has 0 radical (unpaired) electrons. The van der Waals surface area contributed by atoms with Crippen molar-refractivity contribution in [3.05, 3.63) is 0 Å². The highest BCUT2D eigenvalue weighted by Crippen LogP contribution is 1.97. The quantitative estimate of drug-likeness (QED) is 0.579. The molecule has 0 saturated carbocycles. The molecule has 1 unspecified atom stereocenters. The Labute approximate surface area is 82.2 Å². The molecule has 0 heterocycles. The minimum atomic E-state index is 0.298. The second-order valence-corrected chi connectivity index (χ2v) is 3.66. The van der Waals surface area contributed by atoms with Gasteiger partial charge in [0.1, 0.15) is 0 Å². The molecule has 0 aromatic rings. The van der Waals surface area contributed by atoms with Gasteiger partial charge in [0.2, 0.25) is 0 Å². The first-order chi connectivity index (χ1) is 6.20. The Morgan fingerprint density at radius 1 is 1.46 bits per heavy atom. The summed E-state index contributed by atoms with van der Waals surface area (Å²) in [5, 5.41) is 0. The summed E-state index contributed by atoms with van der Waals surface area (Å²) in [6.07, 6.45) is 3.32. The Morgan fingerprint density at radius 2 is 2.15 bits per heavy atom. The van der Waals surface area contributed by atoms with E-state index in [2.05, 4.69) is 18.9 Å². The van der Waals surface area contributed by atoms with Crippen molar-refractivity contribution in [3.63, 3.8) is 0 Å². The lowest BCUT2D eigenvalue weighted by Crippen LogP contribution is -2.35. The third-order valence-electron chi connectivity index (χ3n) is 2.07. The Morgan fingerprint density at radius 3 is 2.69 bits per heavy atom. The number of ether oxygens (including phenoxy) is 1. The molecule has 0 spiro atoms. The van der Waals surface area contributed by atoms with Crippen LogP contribution in [0.15, 0.2) is 0 Å². The molecule has 0 aliphatic rings. The first-order valence-corrected chi connectivity index (χ1v) is 5.13. The molecule has 0 rings (SSSR count). The summed E-state index contributed by atoms with van der Waals surface area (Å²) in [6, 6.07) is 0.298. The second kappa shape index (κ2) is 8.48. The number of hydrogen-bond donors (Lipinski definition) is 1. The Bertz CT molecular complexity index is 109. The van der Waals surface area contributed by atoms with Crippen molar-refractivity contribution in [1.29, 1.82) is 0 Å². The molecule has 80 valence electrons. The summed E-state index contributed by atoms with van der Waals surface area (Å²) in [5.74, 6) is 0. The van der Waals surface area contributed by atoms with Gasteiger partial charge in [0.15, 0.2) is 0 Å². The van der Waals surface area contributed by atoms with Crippen molar-refractivity contribution in [2.24, 2.45) is 5.73 Å². The normalized spacial score (nSPS) is 13.6. The van der Waals surface area contributed by atoms with E-state index < -0.39 is 0 Å². The monoisotopic (exact) mass is 188 g/mol. The molecule has 0 aromatic heterocycles. The van der Waals surface area contributed by atoms with Gasteiger partial charge in [0.05, 0.1) is 0 Å². The van der Waals surface area contributed by atoms with Crippen molar-refractivity contribution in [2.75, 3.05) is 33.9 Å². The average molecular weight is 188 g/mol. The van der Waals surface area contributed by atoms with Gasteiger partial charge < -0.3 is 15.4 Å². The molecule has 13 heavy (non-hydrogen) atoms. The topological polar surface area (TPSA) is 38.5 Å². The highest BCUT2D eigenvalue weighted by Gasteiger charge is 2.05. The standard InChI is InChI=1S/C10H24N2O/c1-4-7-12(2)9-10(11)6-5-8-13-3/h10H,4-9,11H2,1-3H3. The fourth-order valence-corrected chi connectivity index (χ4v) is 1.45. The van der Waals surface area contributed by atoms with Gasteiger partial charge in [-0.2, -0.15) is 0 Å². The lowest BCUT2D eigenvalue weighted by Gasteiger charge is -2.20. The number of methoxy groups -OCH3 is 1. The lowest BCUT2D eigenvalue weighted by atomic mass is 10.1. The molecule has 0 fully saturated rings. The number of hydrogen-bond acceptors (Lipinski definition) is 3. The van der Waals surface area contributed by atoms with Gasteiger partial charge >= 0.3 is 0 Å². The molecule has 0 saturated heterocycles. The molecule has 0 bridgehead atoms. The van der Waals surface area contributed by atoms with E-state index in [4.69, 9.17) is 10.5 Å². The predicted molar refractivity (Wildman–Crippen MR) is 56.9 cm³/mol. The van der Waals surface area contributed by atoms with Crippen LogP contribution < -0.4 is 5.73 Å². The molecule has 3 nitrogen and oxygen atoms in total. The van der Waals surface area contributed by atoms with E-state index in [0.717, 1.165) is 32.5 Å². The van der Waals surface area contributed by atoms with Crippen molar-refractivity contribution in [2.45, 2.75) is 32.2 Å². The van der Waals surface area contributed by atoms with E-state index in [-0.39, 0.29) is 0 Å². The first-order valence-electron chi connectivity index (χ1n) is 5.13. The minimum Gasteiger partial charge on any atom is -0.385 e. The summed E-state index contributed by atoms with van der Waals surface area (Å²) in [4.78, 5) is 2.29. The van der Waals surface area contributed by atoms with E-state index in [0.29, 0.717) is 6.04 Å². The van der Waals surface area contributed by atoms with Crippen molar-refractivity contribution >= 4 is 0 Å². The third-order valence-corrected chi connectivity index (χ3v) is 2.07. The van der Waals surface area contributed by atoms with Crippen LogP contribution in [0.4, 0.5) is 0 Å². The van der Waals surface area contributed by atoms with Crippen LogP contribution in [0.5, 0.6) is 0 Å². The summed E-state index contributed by atoms with van der Waals surface area (Å²) in [7, 11) is 3.86. The van der Waals surface area contributed by atoms with E-state index in [9.17, 15) is 0 Å². The maximum atomic E-state index is 5.95. The molecule has 0 amide bonds. The van der Waals surface area contributed by atoms with Gasteiger partial charge in [-0.05, 0) is 32.9 Å². The van der Waals surface area contributed by atoms with E-state index in [1.807, 2.05) is 0 Å². The second-order valence-electron chi connectivity index (χ2n) is 3.66. The van der Waals surface area contributed by atoms with Crippen LogP contribution in [0.25, 0.3) is 0 Å². The molecule has 1 atom stereocenters. The highest BCUT2D eigenvalue weighted by atomic mass is 16.5.